The number of aliphatic hydroxyl groups excluding tert-OH is 1. The molecule has 0 atom stereocenters. The average molecular weight is 462 g/mol. The number of thiazole rings is 1. The molecule has 1 heterocycles. The van der Waals surface area contributed by atoms with E-state index in [1.54, 1.807) is 18.7 Å². The normalized spacial score (nSPS) is 11.4. The predicted molar refractivity (Wildman–Crippen MR) is 121 cm³/mol. The highest BCUT2D eigenvalue weighted by Gasteiger charge is 2.19. The fraction of sp³-hybridized carbons (Fsp3) is 0.381. The fourth-order valence-electron chi connectivity index (χ4n) is 2.77. The lowest BCUT2D eigenvalue weighted by Crippen LogP contribution is -2.39. The molecule has 2 rings (SSSR count). The number of aromatic nitrogens is 1. The van der Waals surface area contributed by atoms with Crippen molar-refractivity contribution in [2.24, 2.45) is 10.7 Å². The van der Waals surface area contributed by atoms with Crippen molar-refractivity contribution in [1.29, 1.82) is 0 Å². The molecule has 0 bridgehead atoms. The lowest BCUT2D eigenvalue weighted by atomic mass is 10.1. The van der Waals surface area contributed by atoms with E-state index in [4.69, 9.17) is 15.6 Å². The molecule has 0 saturated carbocycles. The average Bonchev–Trinajstić information content (AvgIpc) is 3.11. The number of carbonyl (C=O) groups is 3. The largest absolute Gasteiger partial charge is 0.462 e. The van der Waals surface area contributed by atoms with E-state index in [0.717, 1.165) is 11.3 Å². The second kappa shape index (κ2) is 11.3. The molecule has 11 heteroatoms. The van der Waals surface area contributed by atoms with Gasteiger partial charge >= 0.3 is 5.97 Å². The van der Waals surface area contributed by atoms with E-state index in [1.807, 2.05) is 13.8 Å². The van der Waals surface area contributed by atoms with E-state index in [-0.39, 0.29) is 48.4 Å². The van der Waals surface area contributed by atoms with Gasteiger partial charge in [0, 0.05) is 23.7 Å². The molecule has 1 aromatic carbocycles. The molecule has 1 aromatic heterocycles. The van der Waals surface area contributed by atoms with Crippen molar-refractivity contribution in [3.05, 3.63) is 46.0 Å². The van der Waals surface area contributed by atoms with Crippen LogP contribution in [0.25, 0.3) is 0 Å². The molecular formula is C21H27N5O5S. The quantitative estimate of drug-likeness (QED) is 0.309. The monoisotopic (exact) mass is 461 g/mol. The van der Waals surface area contributed by atoms with E-state index < -0.39 is 11.9 Å². The van der Waals surface area contributed by atoms with Gasteiger partial charge in [0.15, 0.2) is 0 Å². The van der Waals surface area contributed by atoms with Crippen molar-refractivity contribution >= 4 is 40.2 Å². The van der Waals surface area contributed by atoms with E-state index in [9.17, 15) is 14.4 Å². The molecule has 0 saturated heterocycles. The Morgan fingerprint density at radius 2 is 1.88 bits per heavy atom. The Hall–Kier alpha value is -3.31. The fourth-order valence-corrected chi connectivity index (χ4v) is 3.61. The summed E-state index contributed by atoms with van der Waals surface area (Å²) in [6.07, 6.45) is 0. The van der Waals surface area contributed by atoms with Gasteiger partial charge in [0.05, 0.1) is 18.9 Å². The van der Waals surface area contributed by atoms with Crippen LogP contribution in [-0.2, 0) is 4.74 Å². The van der Waals surface area contributed by atoms with Crippen LogP contribution in [0.3, 0.4) is 0 Å². The van der Waals surface area contributed by atoms with Crippen LogP contribution in [0.2, 0.25) is 0 Å². The number of guanidine groups is 1. The second-order valence-electron chi connectivity index (χ2n) is 6.98. The van der Waals surface area contributed by atoms with E-state index in [1.165, 1.54) is 24.3 Å². The number of rotatable bonds is 8. The Morgan fingerprint density at radius 3 is 2.44 bits per heavy atom. The van der Waals surface area contributed by atoms with Gasteiger partial charge in [0.25, 0.3) is 11.8 Å². The topological polar surface area (TPSA) is 147 Å². The standard InChI is InChI=1S/C21H27N5O5S/c1-5-31-19(30)16-13(4)23-21(32-16)25-20(22)24-17(28)14-6-8-15(9-7-14)18(29)26(10-11-27)12(2)3/h6-9,12,27H,5,10-11H2,1-4H3,(H3,22,23,24,25,28). The minimum atomic E-state index is -0.514. The van der Waals surface area contributed by atoms with Gasteiger partial charge in [-0.3, -0.25) is 14.9 Å². The third-order valence-corrected chi connectivity index (χ3v) is 5.35. The Balaban J connectivity index is 2.08. The zero-order chi connectivity index (χ0) is 23.8. The summed E-state index contributed by atoms with van der Waals surface area (Å²) in [6, 6.07) is 5.99. The first-order chi connectivity index (χ1) is 15.2. The molecule has 0 radical (unpaired) electrons. The molecule has 10 nitrogen and oxygen atoms in total. The molecule has 0 fully saturated rings. The number of nitrogens with one attached hydrogen (secondary N) is 1. The van der Waals surface area contributed by atoms with Crippen molar-refractivity contribution in [2.45, 2.75) is 33.7 Å². The molecular weight excluding hydrogens is 434 g/mol. The zero-order valence-corrected chi connectivity index (χ0v) is 19.2. The molecule has 0 aliphatic rings. The van der Waals surface area contributed by atoms with Crippen LogP contribution in [0.5, 0.6) is 0 Å². The molecule has 2 aromatic rings. The number of hydrogen-bond acceptors (Lipinski definition) is 8. The maximum absolute atomic E-state index is 12.6. The summed E-state index contributed by atoms with van der Waals surface area (Å²) >= 11 is 1.01. The Labute approximate surface area is 190 Å². The predicted octanol–water partition coefficient (Wildman–Crippen LogP) is 1.85. The first kappa shape index (κ1) is 25.0. The maximum Gasteiger partial charge on any atom is 0.350 e. The van der Waals surface area contributed by atoms with Gasteiger partial charge in [-0.2, -0.15) is 4.99 Å². The van der Waals surface area contributed by atoms with Gasteiger partial charge < -0.3 is 20.5 Å². The first-order valence-corrected chi connectivity index (χ1v) is 10.8. The van der Waals surface area contributed by atoms with Crippen LogP contribution in [0.15, 0.2) is 29.3 Å². The number of hydrogen-bond donors (Lipinski definition) is 3. The zero-order valence-electron chi connectivity index (χ0n) is 18.4. The summed E-state index contributed by atoms with van der Waals surface area (Å²) in [5.41, 5.74) is 6.94. The van der Waals surface area contributed by atoms with Gasteiger partial charge in [-0.25, -0.2) is 9.78 Å². The van der Waals surface area contributed by atoms with Crippen LogP contribution < -0.4 is 11.1 Å². The van der Waals surface area contributed by atoms with Gasteiger partial charge in [0.2, 0.25) is 11.1 Å². The van der Waals surface area contributed by atoms with Crippen molar-refractivity contribution in [2.75, 3.05) is 19.8 Å². The number of ether oxygens (including phenoxy) is 1. The minimum absolute atomic E-state index is 0.0764. The number of aliphatic imine (C=N–C) groups is 1. The van der Waals surface area contributed by atoms with Gasteiger partial charge in [0.1, 0.15) is 4.88 Å². The minimum Gasteiger partial charge on any atom is -0.462 e. The van der Waals surface area contributed by atoms with Gasteiger partial charge in [-0.1, -0.05) is 11.3 Å². The molecule has 0 unspecified atom stereocenters. The maximum atomic E-state index is 12.6. The summed E-state index contributed by atoms with van der Waals surface area (Å²) in [5.74, 6) is -1.43. The second-order valence-corrected chi connectivity index (χ2v) is 7.95. The highest BCUT2D eigenvalue weighted by atomic mass is 32.1. The number of esters is 1. The molecule has 0 aliphatic carbocycles. The van der Waals surface area contributed by atoms with Crippen LogP contribution in [0.4, 0.5) is 5.13 Å². The number of aliphatic hydroxyl groups is 1. The smallest absolute Gasteiger partial charge is 0.350 e. The third-order valence-electron chi connectivity index (χ3n) is 4.32. The lowest BCUT2D eigenvalue weighted by Gasteiger charge is -2.26. The summed E-state index contributed by atoms with van der Waals surface area (Å²) in [5, 5.41) is 11.8. The first-order valence-electron chi connectivity index (χ1n) is 9.99. The van der Waals surface area contributed by atoms with Gasteiger partial charge in [-0.15, -0.1) is 0 Å². The summed E-state index contributed by atoms with van der Waals surface area (Å²) < 4.78 is 4.96. The van der Waals surface area contributed by atoms with Crippen LogP contribution in [0, 0.1) is 6.92 Å². The van der Waals surface area contributed by atoms with Gasteiger partial charge in [-0.05, 0) is 52.0 Å². The van der Waals surface area contributed by atoms with E-state index in [2.05, 4.69) is 15.3 Å². The Morgan fingerprint density at radius 1 is 1.25 bits per heavy atom. The van der Waals surface area contributed by atoms with Crippen molar-refractivity contribution in [3.63, 3.8) is 0 Å². The summed E-state index contributed by atoms with van der Waals surface area (Å²) in [4.78, 5) is 47.0. The molecule has 4 N–H and O–H groups in total. The third kappa shape index (κ3) is 6.34. The van der Waals surface area contributed by atoms with Crippen LogP contribution in [-0.4, -0.2) is 64.5 Å². The van der Waals surface area contributed by atoms with Crippen LogP contribution in [0.1, 0.15) is 56.9 Å². The molecule has 0 spiro atoms. The van der Waals surface area contributed by atoms with E-state index >= 15 is 0 Å². The number of aryl methyl sites for hydroxylation is 1. The number of benzene rings is 1. The van der Waals surface area contributed by atoms with Crippen molar-refractivity contribution in [1.82, 2.24) is 15.2 Å². The van der Waals surface area contributed by atoms with Crippen molar-refractivity contribution < 1.29 is 24.2 Å². The van der Waals surface area contributed by atoms with Crippen molar-refractivity contribution in [3.8, 4) is 0 Å². The van der Waals surface area contributed by atoms with E-state index in [0.29, 0.717) is 16.1 Å². The highest BCUT2D eigenvalue weighted by molar-refractivity contribution is 7.17. The molecule has 2 amide bonds. The highest BCUT2D eigenvalue weighted by Crippen LogP contribution is 2.25. The number of nitrogens with two attached hydrogens (primary N) is 1. The molecule has 32 heavy (non-hydrogen) atoms. The Bertz CT molecular complexity index is 1000. The lowest BCUT2D eigenvalue weighted by molar-refractivity contribution is 0.0530. The summed E-state index contributed by atoms with van der Waals surface area (Å²) in [7, 11) is 0. The number of nitrogens with zero attached hydrogens (tertiary/aromatic N) is 3. The molecule has 0 aliphatic heterocycles. The SMILES string of the molecule is CCOC(=O)c1sc(N=C(N)NC(=O)c2ccc(C(=O)N(CCO)C(C)C)cc2)nc1C. The Kier molecular flexibility index (Phi) is 8.85. The molecule has 172 valence electrons. The number of carbonyl (C=O) groups excluding carboxylic acids is 3. The summed E-state index contributed by atoms with van der Waals surface area (Å²) in [6.45, 7) is 7.41. The number of amides is 2. The van der Waals surface area contributed by atoms with Crippen LogP contribution >= 0.6 is 11.3 Å².